The molecule has 2 heterocycles. The van der Waals surface area contributed by atoms with Crippen LogP contribution in [0, 0.1) is 5.92 Å². The van der Waals surface area contributed by atoms with Crippen LogP contribution < -0.4 is 5.32 Å². The van der Waals surface area contributed by atoms with E-state index in [0.717, 1.165) is 32.0 Å². The number of piperidine rings is 1. The van der Waals surface area contributed by atoms with E-state index < -0.39 is 5.60 Å². The highest BCUT2D eigenvalue weighted by Crippen LogP contribution is 2.16. The van der Waals surface area contributed by atoms with Gasteiger partial charge < -0.3 is 19.9 Å². The molecule has 1 unspecified atom stereocenters. The van der Waals surface area contributed by atoms with Crippen LogP contribution in [0.1, 0.15) is 40.0 Å². The van der Waals surface area contributed by atoms with Crippen molar-refractivity contribution in [2.75, 3.05) is 46.3 Å². The zero-order valence-electron chi connectivity index (χ0n) is 15.2. The second-order valence-electron chi connectivity index (χ2n) is 7.94. The van der Waals surface area contributed by atoms with Crippen molar-refractivity contribution in [2.45, 2.75) is 45.6 Å². The summed E-state index contributed by atoms with van der Waals surface area (Å²) in [6.45, 7) is 11.6. The SMILES string of the molecule is CN1CCCC(CNCC2=CCN(C(=O)OC(C)(C)C)CC2)C1. The Morgan fingerprint density at radius 3 is 2.78 bits per heavy atom. The van der Waals surface area contributed by atoms with Gasteiger partial charge in [-0.25, -0.2) is 4.79 Å². The monoisotopic (exact) mass is 323 g/mol. The van der Waals surface area contributed by atoms with Gasteiger partial charge in [0.1, 0.15) is 5.60 Å². The number of ether oxygens (including phenoxy) is 1. The fourth-order valence-electron chi connectivity index (χ4n) is 3.24. The first-order valence-electron chi connectivity index (χ1n) is 8.88. The van der Waals surface area contributed by atoms with Crippen LogP contribution >= 0.6 is 0 Å². The van der Waals surface area contributed by atoms with Crippen LogP contribution in [0.2, 0.25) is 0 Å². The fourth-order valence-corrected chi connectivity index (χ4v) is 3.24. The van der Waals surface area contributed by atoms with E-state index in [-0.39, 0.29) is 6.09 Å². The van der Waals surface area contributed by atoms with Crippen molar-refractivity contribution in [3.05, 3.63) is 11.6 Å². The Bertz CT molecular complexity index is 428. The highest BCUT2D eigenvalue weighted by Gasteiger charge is 2.23. The molecule has 0 aliphatic carbocycles. The topological polar surface area (TPSA) is 44.8 Å². The molecule has 2 aliphatic rings. The lowest BCUT2D eigenvalue weighted by atomic mass is 9.98. The molecule has 2 rings (SSSR count). The molecule has 0 aromatic carbocycles. The van der Waals surface area contributed by atoms with E-state index in [9.17, 15) is 4.79 Å². The average Bonchev–Trinajstić information content (AvgIpc) is 2.46. The maximum absolute atomic E-state index is 12.0. The van der Waals surface area contributed by atoms with Crippen molar-refractivity contribution in [2.24, 2.45) is 5.92 Å². The quantitative estimate of drug-likeness (QED) is 0.807. The number of likely N-dealkylation sites (tertiary alicyclic amines) is 1. The first kappa shape index (κ1) is 18.3. The van der Waals surface area contributed by atoms with Crippen LogP contribution in [-0.4, -0.2) is 67.8 Å². The number of nitrogens with zero attached hydrogens (tertiary/aromatic N) is 2. The van der Waals surface area contributed by atoms with E-state index in [4.69, 9.17) is 4.74 Å². The Kier molecular flexibility index (Phi) is 6.48. The van der Waals surface area contributed by atoms with Gasteiger partial charge in [-0.2, -0.15) is 0 Å². The summed E-state index contributed by atoms with van der Waals surface area (Å²) in [6, 6.07) is 0. The molecule has 0 aromatic heterocycles. The predicted octanol–water partition coefficient (Wildman–Crippen LogP) is 2.49. The molecule has 23 heavy (non-hydrogen) atoms. The van der Waals surface area contributed by atoms with Crippen molar-refractivity contribution < 1.29 is 9.53 Å². The molecule has 1 atom stereocenters. The first-order valence-corrected chi connectivity index (χ1v) is 8.88. The molecule has 1 saturated heterocycles. The molecule has 5 nitrogen and oxygen atoms in total. The molecule has 1 N–H and O–H groups in total. The zero-order valence-corrected chi connectivity index (χ0v) is 15.2. The number of hydrogen-bond donors (Lipinski definition) is 1. The summed E-state index contributed by atoms with van der Waals surface area (Å²) in [7, 11) is 2.21. The Balaban J connectivity index is 1.67. The van der Waals surface area contributed by atoms with Gasteiger partial charge in [0.15, 0.2) is 0 Å². The maximum Gasteiger partial charge on any atom is 0.410 e. The minimum absolute atomic E-state index is 0.203. The minimum Gasteiger partial charge on any atom is -0.444 e. The third-order valence-corrected chi connectivity index (χ3v) is 4.46. The van der Waals surface area contributed by atoms with E-state index in [2.05, 4.69) is 23.3 Å². The highest BCUT2D eigenvalue weighted by atomic mass is 16.6. The molecule has 0 bridgehead atoms. The third kappa shape index (κ3) is 6.51. The van der Waals surface area contributed by atoms with Crippen LogP contribution in [0.4, 0.5) is 4.79 Å². The van der Waals surface area contributed by atoms with Crippen LogP contribution in [0.25, 0.3) is 0 Å². The van der Waals surface area contributed by atoms with Crippen molar-refractivity contribution in [1.82, 2.24) is 15.1 Å². The van der Waals surface area contributed by atoms with Crippen LogP contribution in [-0.2, 0) is 4.74 Å². The van der Waals surface area contributed by atoms with Crippen molar-refractivity contribution >= 4 is 6.09 Å². The third-order valence-electron chi connectivity index (χ3n) is 4.46. The molecule has 0 aromatic rings. The van der Waals surface area contributed by atoms with Gasteiger partial charge in [-0.3, -0.25) is 0 Å². The smallest absolute Gasteiger partial charge is 0.410 e. The van der Waals surface area contributed by atoms with Crippen LogP contribution in [0.3, 0.4) is 0 Å². The van der Waals surface area contributed by atoms with E-state index in [1.807, 2.05) is 20.8 Å². The van der Waals surface area contributed by atoms with Crippen LogP contribution in [0.5, 0.6) is 0 Å². The lowest BCUT2D eigenvalue weighted by Crippen LogP contribution is -2.40. The summed E-state index contributed by atoms with van der Waals surface area (Å²) in [6.07, 6.45) is 5.56. The van der Waals surface area contributed by atoms with E-state index >= 15 is 0 Å². The molecule has 1 fully saturated rings. The average molecular weight is 323 g/mol. The summed E-state index contributed by atoms with van der Waals surface area (Å²) < 4.78 is 5.42. The first-order chi connectivity index (χ1) is 10.8. The Labute approximate surface area is 141 Å². The summed E-state index contributed by atoms with van der Waals surface area (Å²) >= 11 is 0. The molecule has 1 amide bonds. The number of hydrogen-bond acceptors (Lipinski definition) is 4. The predicted molar refractivity (Wildman–Crippen MR) is 93.6 cm³/mol. The lowest BCUT2D eigenvalue weighted by Gasteiger charge is -2.31. The molecule has 5 heteroatoms. The fraction of sp³-hybridized carbons (Fsp3) is 0.833. The van der Waals surface area contributed by atoms with Gasteiger partial charge in [0.05, 0.1) is 0 Å². The van der Waals surface area contributed by atoms with Crippen molar-refractivity contribution in [3.63, 3.8) is 0 Å². The van der Waals surface area contributed by atoms with Gasteiger partial charge in [-0.05, 0) is 66.1 Å². The van der Waals surface area contributed by atoms with Crippen molar-refractivity contribution in [1.29, 1.82) is 0 Å². The second-order valence-corrected chi connectivity index (χ2v) is 7.94. The standard InChI is InChI=1S/C18H33N3O2/c1-18(2,3)23-17(22)21-10-7-15(8-11-21)12-19-13-16-6-5-9-20(4)14-16/h7,16,19H,5-6,8-14H2,1-4H3. The van der Waals surface area contributed by atoms with Crippen LogP contribution in [0.15, 0.2) is 11.6 Å². The summed E-state index contributed by atoms with van der Waals surface area (Å²) in [5.41, 5.74) is 0.990. The van der Waals surface area contributed by atoms with Gasteiger partial charge in [-0.15, -0.1) is 0 Å². The second kappa shape index (κ2) is 8.15. The molecule has 2 aliphatic heterocycles. The maximum atomic E-state index is 12.0. The van der Waals surface area contributed by atoms with Gasteiger partial charge in [-0.1, -0.05) is 11.6 Å². The number of rotatable bonds is 4. The molecule has 0 spiro atoms. The van der Waals surface area contributed by atoms with Crippen molar-refractivity contribution in [3.8, 4) is 0 Å². The summed E-state index contributed by atoms with van der Waals surface area (Å²) in [5.74, 6) is 0.774. The Morgan fingerprint density at radius 2 is 2.17 bits per heavy atom. The number of carbonyl (C=O) groups excluding carboxylic acids is 1. The molecule has 0 saturated carbocycles. The Hall–Kier alpha value is -1.07. The number of amides is 1. The molecule has 0 radical (unpaired) electrons. The highest BCUT2D eigenvalue weighted by molar-refractivity contribution is 5.68. The number of carbonyl (C=O) groups is 1. The van der Waals surface area contributed by atoms with Gasteiger partial charge >= 0.3 is 6.09 Å². The zero-order chi connectivity index (χ0) is 16.9. The summed E-state index contributed by atoms with van der Waals surface area (Å²) in [5, 5.41) is 3.60. The Morgan fingerprint density at radius 1 is 1.39 bits per heavy atom. The minimum atomic E-state index is -0.421. The molecular formula is C18H33N3O2. The normalized spacial score (nSPS) is 23.6. The summed E-state index contributed by atoms with van der Waals surface area (Å²) in [4.78, 5) is 16.2. The molecule has 132 valence electrons. The molecular weight excluding hydrogens is 290 g/mol. The lowest BCUT2D eigenvalue weighted by molar-refractivity contribution is 0.0265. The van der Waals surface area contributed by atoms with E-state index in [1.54, 1.807) is 4.90 Å². The van der Waals surface area contributed by atoms with Gasteiger partial charge in [0.25, 0.3) is 0 Å². The van der Waals surface area contributed by atoms with Gasteiger partial charge in [0.2, 0.25) is 0 Å². The van der Waals surface area contributed by atoms with Gasteiger partial charge in [0, 0.05) is 26.2 Å². The number of nitrogens with one attached hydrogen (secondary N) is 1. The largest absolute Gasteiger partial charge is 0.444 e. The van der Waals surface area contributed by atoms with E-state index in [1.165, 1.54) is 31.5 Å². The van der Waals surface area contributed by atoms with E-state index in [0.29, 0.717) is 6.54 Å².